The predicted octanol–water partition coefficient (Wildman–Crippen LogP) is 5.11. The summed E-state index contributed by atoms with van der Waals surface area (Å²) in [7, 11) is 0. The van der Waals surface area contributed by atoms with E-state index in [0.29, 0.717) is 31.0 Å². The fourth-order valence-electron chi connectivity index (χ4n) is 3.83. The SMILES string of the molecule is CCNC(=O)N1CCC(c2nc(C(=O)Nc3ccccc3-c3ccc(F)cc3)cs2)CC1. The van der Waals surface area contributed by atoms with Crippen LogP contribution in [0.25, 0.3) is 11.1 Å². The highest BCUT2D eigenvalue weighted by Crippen LogP contribution is 2.31. The first kappa shape index (κ1) is 22.0. The van der Waals surface area contributed by atoms with Crippen molar-refractivity contribution in [2.24, 2.45) is 0 Å². The van der Waals surface area contributed by atoms with Crippen molar-refractivity contribution in [3.63, 3.8) is 0 Å². The van der Waals surface area contributed by atoms with Crippen LogP contribution >= 0.6 is 11.3 Å². The summed E-state index contributed by atoms with van der Waals surface area (Å²) in [5.74, 6) is -0.331. The number of amides is 3. The van der Waals surface area contributed by atoms with Gasteiger partial charge < -0.3 is 15.5 Å². The Morgan fingerprint density at radius 3 is 2.56 bits per heavy atom. The quantitative estimate of drug-likeness (QED) is 0.565. The van der Waals surface area contributed by atoms with Gasteiger partial charge in [0.25, 0.3) is 5.91 Å². The molecular formula is C24H25FN4O2S. The van der Waals surface area contributed by atoms with Crippen molar-refractivity contribution >= 4 is 29.0 Å². The average Bonchev–Trinajstić information content (AvgIpc) is 3.31. The highest BCUT2D eigenvalue weighted by molar-refractivity contribution is 7.10. The van der Waals surface area contributed by atoms with E-state index in [1.54, 1.807) is 17.5 Å². The minimum atomic E-state index is -0.304. The van der Waals surface area contributed by atoms with Crippen LogP contribution in [-0.4, -0.2) is 41.5 Å². The zero-order valence-corrected chi connectivity index (χ0v) is 18.6. The van der Waals surface area contributed by atoms with Crippen LogP contribution in [0.2, 0.25) is 0 Å². The molecule has 0 aliphatic carbocycles. The number of nitrogens with one attached hydrogen (secondary N) is 2. The van der Waals surface area contributed by atoms with Crippen LogP contribution in [0.5, 0.6) is 0 Å². The van der Waals surface area contributed by atoms with E-state index >= 15 is 0 Å². The number of piperidine rings is 1. The van der Waals surface area contributed by atoms with E-state index in [1.165, 1.54) is 23.5 Å². The Labute approximate surface area is 190 Å². The van der Waals surface area contributed by atoms with Crippen molar-refractivity contribution in [2.45, 2.75) is 25.7 Å². The first-order valence-corrected chi connectivity index (χ1v) is 11.6. The molecule has 1 saturated heterocycles. The number of halogens is 1. The molecule has 4 rings (SSSR count). The summed E-state index contributed by atoms with van der Waals surface area (Å²) >= 11 is 1.48. The number of hydrogen-bond acceptors (Lipinski definition) is 4. The normalized spacial score (nSPS) is 14.2. The molecule has 3 amide bonds. The Morgan fingerprint density at radius 2 is 1.84 bits per heavy atom. The molecule has 1 fully saturated rings. The lowest BCUT2D eigenvalue weighted by Crippen LogP contribution is -2.44. The summed E-state index contributed by atoms with van der Waals surface area (Å²) in [6.45, 7) is 3.89. The van der Waals surface area contributed by atoms with E-state index in [-0.39, 0.29) is 23.7 Å². The number of para-hydroxylation sites is 1. The molecule has 32 heavy (non-hydrogen) atoms. The zero-order valence-electron chi connectivity index (χ0n) is 17.8. The molecule has 2 aromatic carbocycles. The van der Waals surface area contributed by atoms with Gasteiger partial charge in [-0.2, -0.15) is 0 Å². The summed E-state index contributed by atoms with van der Waals surface area (Å²) in [4.78, 5) is 31.3. The Balaban J connectivity index is 1.42. The molecule has 6 nitrogen and oxygen atoms in total. The zero-order chi connectivity index (χ0) is 22.5. The molecule has 1 aromatic heterocycles. The number of rotatable bonds is 5. The minimum absolute atomic E-state index is 0.0232. The van der Waals surface area contributed by atoms with Gasteiger partial charge >= 0.3 is 6.03 Å². The van der Waals surface area contributed by atoms with Crippen molar-refractivity contribution in [3.8, 4) is 11.1 Å². The lowest BCUT2D eigenvalue weighted by Gasteiger charge is -2.31. The lowest BCUT2D eigenvalue weighted by molar-refractivity contribution is 0.102. The molecule has 166 valence electrons. The van der Waals surface area contributed by atoms with Crippen LogP contribution in [0.4, 0.5) is 14.9 Å². The van der Waals surface area contributed by atoms with Gasteiger partial charge in [0, 0.05) is 42.2 Å². The fraction of sp³-hybridized carbons (Fsp3) is 0.292. The van der Waals surface area contributed by atoms with Crippen LogP contribution in [0.1, 0.15) is 41.2 Å². The van der Waals surface area contributed by atoms with Crippen molar-refractivity contribution in [1.82, 2.24) is 15.2 Å². The summed E-state index contributed by atoms with van der Waals surface area (Å²) in [6, 6.07) is 13.6. The van der Waals surface area contributed by atoms with Gasteiger partial charge in [0.1, 0.15) is 11.5 Å². The number of anilines is 1. The number of urea groups is 1. The van der Waals surface area contributed by atoms with Gasteiger partial charge in [0.05, 0.1) is 5.01 Å². The van der Waals surface area contributed by atoms with Gasteiger partial charge in [0.2, 0.25) is 0 Å². The van der Waals surface area contributed by atoms with Crippen LogP contribution in [0.3, 0.4) is 0 Å². The number of carbonyl (C=O) groups is 2. The summed E-state index contributed by atoms with van der Waals surface area (Å²) < 4.78 is 13.3. The number of thiazole rings is 1. The highest BCUT2D eigenvalue weighted by Gasteiger charge is 2.26. The topological polar surface area (TPSA) is 74.3 Å². The van der Waals surface area contributed by atoms with Crippen LogP contribution < -0.4 is 10.6 Å². The van der Waals surface area contributed by atoms with Crippen LogP contribution in [0, 0.1) is 5.82 Å². The molecule has 2 heterocycles. The Hall–Kier alpha value is -3.26. The lowest BCUT2D eigenvalue weighted by atomic mass is 9.98. The Morgan fingerprint density at radius 1 is 1.12 bits per heavy atom. The fourth-order valence-corrected chi connectivity index (χ4v) is 4.80. The summed E-state index contributed by atoms with van der Waals surface area (Å²) in [6.07, 6.45) is 1.66. The maximum absolute atomic E-state index is 13.3. The molecule has 8 heteroatoms. The predicted molar refractivity (Wildman–Crippen MR) is 125 cm³/mol. The monoisotopic (exact) mass is 452 g/mol. The van der Waals surface area contributed by atoms with Gasteiger partial charge in [-0.15, -0.1) is 11.3 Å². The van der Waals surface area contributed by atoms with Crippen LogP contribution in [-0.2, 0) is 0 Å². The van der Waals surface area contributed by atoms with Crippen molar-refractivity contribution < 1.29 is 14.0 Å². The third kappa shape index (κ3) is 4.96. The summed E-state index contributed by atoms with van der Waals surface area (Å²) in [5.41, 5.74) is 2.66. The van der Waals surface area contributed by atoms with Crippen molar-refractivity contribution in [3.05, 3.63) is 70.4 Å². The molecule has 0 radical (unpaired) electrons. The molecule has 0 saturated carbocycles. The van der Waals surface area contributed by atoms with Gasteiger partial charge in [-0.1, -0.05) is 30.3 Å². The second-order valence-electron chi connectivity index (χ2n) is 7.67. The van der Waals surface area contributed by atoms with E-state index in [1.807, 2.05) is 36.1 Å². The average molecular weight is 453 g/mol. The van der Waals surface area contributed by atoms with E-state index in [0.717, 1.165) is 29.0 Å². The molecule has 0 unspecified atom stereocenters. The van der Waals surface area contributed by atoms with Gasteiger partial charge in [-0.25, -0.2) is 14.2 Å². The summed E-state index contributed by atoms with van der Waals surface area (Å²) in [5, 5.41) is 8.48. The Bertz CT molecular complexity index is 1090. The maximum atomic E-state index is 13.3. The maximum Gasteiger partial charge on any atom is 0.317 e. The largest absolute Gasteiger partial charge is 0.338 e. The standard InChI is InChI=1S/C24H25FN4O2S/c1-2-26-24(31)29-13-11-17(12-14-29)23-28-21(15-32-23)22(30)27-20-6-4-3-5-19(20)16-7-9-18(25)10-8-16/h3-10,15,17H,2,11-14H2,1H3,(H,26,31)(H,27,30). The molecule has 0 bridgehead atoms. The second kappa shape index (κ2) is 9.91. The molecule has 3 aromatic rings. The molecule has 1 aliphatic rings. The number of carbonyl (C=O) groups excluding carboxylic acids is 2. The number of likely N-dealkylation sites (tertiary alicyclic amines) is 1. The molecular weight excluding hydrogens is 427 g/mol. The van der Waals surface area contributed by atoms with E-state index < -0.39 is 0 Å². The first-order valence-electron chi connectivity index (χ1n) is 10.7. The van der Waals surface area contributed by atoms with E-state index in [9.17, 15) is 14.0 Å². The third-order valence-electron chi connectivity index (χ3n) is 5.54. The van der Waals surface area contributed by atoms with Crippen molar-refractivity contribution in [1.29, 1.82) is 0 Å². The molecule has 1 aliphatic heterocycles. The van der Waals surface area contributed by atoms with Crippen molar-refractivity contribution in [2.75, 3.05) is 25.0 Å². The van der Waals surface area contributed by atoms with E-state index in [2.05, 4.69) is 15.6 Å². The molecule has 0 atom stereocenters. The van der Waals surface area contributed by atoms with Crippen LogP contribution in [0.15, 0.2) is 53.9 Å². The number of hydrogen-bond donors (Lipinski definition) is 2. The number of aromatic nitrogens is 1. The van der Waals surface area contributed by atoms with Gasteiger partial charge in [-0.3, -0.25) is 4.79 Å². The van der Waals surface area contributed by atoms with Gasteiger partial charge in [-0.05, 0) is 43.5 Å². The second-order valence-corrected chi connectivity index (χ2v) is 8.56. The van der Waals surface area contributed by atoms with E-state index in [4.69, 9.17) is 0 Å². The molecule has 2 N–H and O–H groups in total. The van der Waals surface area contributed by atoms with Gasteiger partial charge in [0.15, 0.2) is 0 Å². The Kier molecular flexibility index (Phi) is 6.80. The third-order valence-corrected chi connectivity index (χ3v) is 6.55. The highest BCUT2D eigenvalue weighted by atomic mass is 32.1. The number of benzene rings is 2. The molecule has 0 spiro atoms. The number of nitrogens with zero attached hydrogens (tertiary/aromatic N) is 2. The first-order chi connectivity index (χ1) is 15.5. The minimum Gasteiger partial charge on any atom is -0.338 e. The smallest absolute Gasteiger partial charge is 0.317 e.